The molecule has 2 amide bonds. The van der Waals surface area contributed by atoms with Crippen LogP contribution in [0.2, 0.25) is 0 Å². The lowest BCUT2D eigenvalue weighted by molar-refractivity contribution is -0.118. The molecule has 2 rings (SSSR count). The van der Waals surface area contributed by atoms with Crippen molar-refractivity contribution in [3.63, 3.8) is 0 Å². The first kappa shape index (κ1) is 18.0. The van der Waals surface area contributed by atoms with Gasteiger partial charge in [-0.1, -0.05) is 23.8 Å². The Balaban J connectivity index is 2.11. The summed E-state index contributed by atoms with van der Waals surface area (Å²) in [5.74, 6) is -0.345. The van der Waals surface area contributed by atoms with Crippen molar-refractivity contribution < 1.29 is 9.59 Å². The second kappa shape index (κ2) is 8.50. The standard InChI is InChI=1S/C19H20N4O2/c1-13-4-3-5-15(8-13)19(25)23-11-16-7-6-14(10-20)9-17(16)22-12-18(24)21-2/h3-9,22H,11-12H2,1-2H3,(H,21,24)(H,23,25). The third kappa shape index (κ3) is 5.08. The van der Waals surface area contributed by atoms with Gasteiger partial charge in [0.15, 0.2) is 0 Å². The van der Waals surface area contributed by atoms with Crippen LogP contribution in [0.3, 0.4) is 0 Å². The molecule has 0 aliphatic heterocycles. The Labute approximate surface area is 146 Å². The highest BCUT2D eigenvalue weighted by Crippen LogP contribution is 2.18. The zero-order valence-electron chi connectivity index (χ0n) is 14.2. The van der Waals surface area contributed by atoms with E-state index in [0.717, 1.165) is 11.1 Å². The van der Waals surface area contributed by atoms with Gasteiger partial charge in [-0.15, -0.1) is 0 Å². The molecule has 25 heavy (non-hydrogen) atoms. The minimum atomic E-state index is -0.176. The van der Waals surface area contributed by atoms with Gasteiger partial charge in [-0.3, -0.25) is 9.59 Å². The van der Waals surface area contributed by atoms with Gasteiger partial charge in [-0.05, 0) is 36.8 Å². The van der Waals surface area contributed by atoms with E-state index < -0.39 is 0 Å². The second-order valence-corrected chi connectivity index (χ2v) is 5.56. The fourth-order valence-corrected chi connectivity index (χ4v) is 2.29. The highest BCUT2D eigenvalue weighted by Gasteiger charge is 2.09. The van der Waals surface area contributed by atoms with Crippen molar-refractivity contribution in [2.45, 2.75) is 13.5 Å². The summed E-state index contributed by atoms with van der Waals surface area (Å²) in [6.07, 6.45) is 0. The van der Waals surface area contributed by atoms with Crippen LogP contribution < -0.4 is 16.0 Å². The van der Waals surface area contributed by atoms with Crippen molar-refractivity contribution >= 4 is 17.5 Å². The number of nitriles is 1. The summed E-state index contributed by atoms with van der Waals surface area (Å²) >= 11 is 0. The zero-order chi connectivity index (χ0) is 18.2. The molecule has 0 aliphatic rings. The first-order valence-corrected chi connectivity index (χ1v) is 7.86. The average Bonchev–Trinajstić information content (AvgIpc) is 2.64. The van der Waals surface area contributed by atoms with Crippen molar-refractivity contribution in [2.75, 3.05) is 18.9 Å². The number of aryl methyl sites for hydroxylation is 1. The Morgan fingerprint density at radius 1 is 1.16 bits per heavy atom. The number of benzene rings is 2. The van der Waals surface area contributed by atoms with Crippen LogP contribution in [0.1, 0.15) is 27.0 Å². The van der Waals surface area contributed by atoms with Crippen LogP contribution in [0.25, 0.3) is 0 Å². The van der Waals surface area contributed by atoms with Gasteiger partial charge in [-0.2, -0.15) is 5.26 Å². The Hall–Kier alpha value is -3.33. The fraction of sp³-hybridized carbons (Fsp3) is 0.211. The minimum Gasteiger partial charge on any atom is -0.376 e. The van der Waals surface area contributed by atoms with Crippen LogP contribution in [0.15, 0.2) is 42.5 Å². The lowest BCUT2D eigenvalue weighted by atomic mass is 10.1. The second-order valence-electron chi connectivity index (χ2n) is 5.56. The number of likely N-dealkylation sites (N-methyl/N-ethyl adjacent to an activating group) is 1. The molecule has 0 aromatic heterocycles. The number of rotatable bonds is 6. The summed E-state index contributed by atoms with van der Waals surface area (Å²) in [5, 5.41) is 17.4. The maximum absolute atomic E-state index is 12.3. The molecule has 0 aliphatic carbocycles. The van der Waals surface area contributed by atoms with Gasteiger partial charge in [0.2, 0.25) is 5.91 Å². The number of carbonyl (C=O) groups is 2. The van der Waals surface area contributed by atoms with Gasteiger partial charge in [0.25, 0.3) is 5.91 Å². The quantitative estimate of drug-likeness (QED) is 0.751. The topological polar surface area (TPSA) is 94.0 Å². The first-order valence-electron chi connectivity index (χ1n) is 7.86. The average molecular weight is 336 g/mol. The van der Waals surface area contributed by atoms with Gasteiger partial charge in [0, 0.05) is 24.8 Å². The highest BCUT2D eigenvalue weighted by atomic mass is 16.2. The van der Waals surface area contributed by atoms with Gasteiger partial charge >= 0.3 is 0 Å². The summed E-state index contributed by atoms with van der Waals surface area (Å²) in [5.41, 5.74) is 3.52. The van der Waals surface area contributed by atoms with Gasteiger partial charge in [0.1, 0.15) is 0 Å². The van der Waals surface area contributed by atoms with Crippen LogP contribution >= 0.6 is 0 Å². The van der Waals surface area contributed by atoms with E-state index in [9.17, 15) is 9.59 Å². The summed E-state index contributed by atoms with van der Waals surface area (Å²) in [4.78, 5) is 23.7. The van der Waals surface area contributed by atoms with Gasteiger partial charge in [-0.25, -0.2) is 0 Å². The molecular formula is C19H20N4O2. The third-order valence-corrected chi connectivity index (χ3v) is 3.68. The minimum absolute atomic E-state index is 0.0875. The molecule has 0 radical (unpaired) electrons. The fourth-order valence-electron chi connectivity index (χ4n) is 2.29. The van der Waals surface area contributed by atoms with Crippen LogP contribution in [0.5, 0.6) is 0 Å². The maximum atomic E-state index is 12.3. The normalized spacial score (nSPS) is 9.80. The number of hydrogen-bond donors (Lipinski definition) is 3. The maximum Gasteiger partial charge on any atom is 0.251 e. The number of nitrogens with zero attached hydrogens (tertiary/aromatic N) is 1. The number of carbonyl (C=O) groups excluding carboxylic acids is 2. The van der Waals surface area contributed by atoms with Crippen molar-refractivity contribution in [1.82, 2.24) is 10.6 Å². The SMILES string of the molecule is CNC(=O)CNc1cc(C#N)ccc1CNC(=O)c1cccc(C)c1. The van der Waals surface area contributed by atoms with E-state index in [0.29, 0.717) is 16.8 Å². The van der Waals surface area contributed by atoms with E-state index in [4.69, 9.17) is 5.26 Å². The summed E-state index contributed by atoms with van der Waals surface area (Å²) in [6, 6.07) is 14.5. The van der Waals surface area contributed by atoms with Gasteiger partial charge in [0.05, 0.1) is 18.2 Å². The van der Waals surface area contributed by atoms with Crippen molar-refractivity contribution in [2.24, 2.45) is 0 Å². The van der Waals surface area contributed by atoms with Crippen LogP contribution in [0.4, 0.5) is 5.69 Å². The Kier molecular flexibility index (Phi) is 6.13. The monoisotopic (exact) mass is 336 g/mol. The summed E-state index contributed by atoms with van der Waals surface area (Å²) < 4.78 is 0. The number of hydrogen-bond acceptors (Lipinski definition) is 4. The molecule has 0 saturated carbocycles. The molecule has 6 heteroatoms. The van der Waals surface area contributed by atoms with Crippen molar-refractivity contribution in [3.8, 4) is 6.07 Å². The Morgan fingerprint density at radius 3 is 2.64 bits per heavy atom. The predicted molar refractivity (Wildman–Crippen MR) is 96.1 cm³/mol. The highest BCUT2D eigenvalue weighted by molar-refractivity contribution is 5.94. The van der Waals surface area contributed by atoms with Gasteiger partial charge < -0.3 is 16.0 Å². The predicted octanol–water partition coefficient (Wildman–Crippen LogP) is 1.95. The van der Waals surface area contributed by atoms with Crippen LogP contribution in [0, 0.1) is 18.3 Å². The molecule has 6 nitrogen and oxygen atoms in total. The Morgan fingerprint density at radius 2 is 1.96 bits per heavy atom. The molecule has 3 N–H and O–H groups in total. The molecule has 0 spiro atoms. The molecule has 0 fully saturated rings. The zero-order valence-corrected chi connectivity index (χ0v) is 14.2. The summed E-state index contributed by atoms with van der Waals surface area (Å²) in [6.45, 7) is 2.30. The lowest BCUT2D eigenvalue weighted by Crippen LogP contribution is -2.27. The van der Waals surface area contributed by atoms with E-state index in [1.165, 1.54) is 0 Å². The number of amides is 2. The molecule has 128 valence electrons. The third-order valence-electron chi connectivity index (χ3n) is 3.68. The molecule has 0 saturated heterocycles. The van der Waals surface area contributed by atoms with E-state index in [-0.39, 0.29) is 24.9 Å². The van der Waals surface area contributed by atoms with Crippen molar-refractivity contribution in [3.05, 3.63) is 64.7 Å². The van der Waals surface area contributed by atoms with Crippen LogP contribution in [-0.2, 0) is 11.3 Å². The van der Waals surface area contributed by atoms with E-state index in [2.05, 4.69) is 22.0 Å². The first-order chi connectivity index (χ1) is 12.0. The number of nitrogens with one attached hydrogen (secondary N) is 3. The molecule has 0 heterocycles. The molecule has 0 atom stereocenters. The molecule has 0 bridgehead atoms. The largest absolute Gasteiger partial charge is 0.376 e. The smallest absolute Gasteiger partial charge is 0.251 e. The molecule has 2 aromatic rings. The number of anilines is 1. The van der Waals surface area contributed by atoms with Crippen LogP contribution in [-0.4, -0.2) is 25.4 Å². The molecule has 0 unspecified atom stereocenters. The van der Waals surface area contributed by atoms with Crippen molar-refractivity contribution in [1.29, 1.82) is 5.26 Å². The molecular weight excluding hydrogens is 316 g/mol. The molecule has 2 aromatic carbocycles. The lowest BCUT2D eigenvalue weighted by Gasteiger charge is -2.13. The Bertz CT molecular complexity index is 824. The van der Waals surface area contributed by atoms with E-state index in [1.54, 1.807) is 31.3 Å². The summed E-state index contributed by atoms with van der Waals surface area (Å²) in [7, 11) is 1.55. The van der Waals surface area contributed by atoms with E-state index >= 15 is 0 Å². The van der Waals surface area contributed by atoms with E-state index in [1.807, 2.05) is 25.1 Å².